The zero-order valence-corrected chi connectivity index (χ0v) is 9.60. The van der Waals surface area contributed by atoms with E-state index in [2.05, 4.69) is 10.3 Å². The van der Waals surface area contributed by atoms with Crippen LogP contribution in [0.4, 0.5) is 0 Å². The Bertz CT molecular complexity index is 551. The lowest BCUT2D eigenvalue weighted by Gasteiger charge is -2.36. The molecule has 0 atom stereocenters. The molecule has 0 spiro atoms. The van der Waals surface area contributed by atoms with E-state index in [-0.39, 0.29) is 0 Å². The molecule has 88 valence electrons. The van der Waals surface area contributed by atoms with Gasteiger partial charge in [0.05, 0.1) is 6.61 Å². The van der Waals surface area contributed by atoms with E-state index < -0.39 is 0 Å². The smallest absolute Gasteiger partial charge is 0.140 e. The fourth-order valence-corrected chi connectivity index (χ4v) is 3.02. The fourth-order valence-electron chi connectivity index (χ4n) is 3.02. The number of pyridine rings is 1. The lowest BCUT2D eigenvalue weighted by molar-refractivity contribution is 0.102. The molecule has 4 heteroatoms. The van der Waals surface area contributed by atoms with Gasteiger partial charge in [-0.15, -0.1) is 0 Å². The summed E-state index contributed by atoms with van der Waals surface area (Å²) in [4.78, 5) is 4.26. The number of hydrogen-bond acceptors (Lipinski definition) is 3. The van der Waals surface area contributed by atoms with E-state index >= 15 is 0 Å². The van der Waals surface area contributed by atoms with Gasteiger partial charge in [-0.2, -0.15) is 0 Å². The topological polar surface area (TPSA) is 38.6 Å². The first-order valence-electron chi connectivity index (χ1n) is 6.12. The normalized spacial score (nSPS) is 30.5. The minimum absolute atomic E-state index is 0.409. The van der Waals surface area contributed by atoms with Crippen LogP contribution in [0.2, 0.25) is 0 Å². The van der Waals surface area contributed by atoms with Gasteiger partial charge in [0.1, 0.15) is 11.4 Å². The maximum absolute atomic E-state index is 5.92. The molecule has 3 fully saturated rings. The molecular weight excluding hydrogens is 214 g/mol. The Morgan fingerprint density at radius 3 is 3.24 bits per heavy atom. The summed E-state index contributed by atoms with van der Waals surface area (Å²) in [5.74, 6) is 0.924. The van der Waals surface area contributed by atoms with E-state index in [9.17, 15) is 0 Å². The van der Waals surface area contributed by atoms with Gasteiger partial charge < -0.3 is 14.5 Å². The molecule has 0 radical (unpaired) electrons. The Balaban J connectivity index is 1.51. The van der Waals surface area contributed by atoms with E-state index in [1.807, 2.05) is 28.9 Å². The van der Waals surface area contributed by atoms with Gasteiger partial charge in [-0.1, -0.05) is 0 Å². The predicted octanol–water partition coefficient (Wildman–Crippen LogP) is 1.47. The molecule has 3 aliphatic rings. The lowest BCUT2D eigenvalue weighted by atomic mass is 9.71. The van der Waals surface area contributed by atoms with Crippen LogP contribution in [0.25, 0.3) is 5.65 Å². The van der Waals surface area contributed by atoms with E-state index in [0.717, 1.165) is 30.6 Å². The lowest BCUT2D eigenvalue weighted by Crippen LogP contribution is -2.38. The third kappa shape index (κ3) is 1.44. The van der Waals surface area contributed by atoms with E-state index in [4.69, 9.17) is 4.74 Å². The van der Waals surface area contributed by atoms with Crippen LogP contribution in [0.15, 0.2) is 30.7 Å². The summed E-state index contributed by atoms with van der Waals surface area (Å²) in [6, 6.07) is 4.76. The van der Waals surface area contributed by atoms with Crippen molar-refractivity contribution in [2.45, 2.75) is 18.9 Å². The molecule has 1 N–H and O–H groups in total. The maximum atomic E-state index is 5.92. The van der Waals surface area contributed by atoms with Crippen molar-refractivity contribution in [3.63, 3.8) is 0 Å². The number of nitrogens with zero attached hydrogens (tertiary/aromatic N) is 2. The summed E-state index contributed by atoms with van der Waals surface area (Å²) in [6.07, 6.45) is 8.29. The zero-order chi connectivity index (χ0) is 11.3. The number of imidazole rings is 1. The van der Waals surface area contributed by atoms with Crippen molar-refractivity contribution in [1.82, 2.24) is 14.7 Å². The number of fused-ring (bicyclic) bond motifs is 2. The van der Waals surface area contributed by atoms with Gasteiger partial charge in [-0.25, -0.2) is 4.98 Å². The molecular formula is C13H15N3O. The Morgan fingerprint density at radius 1 is 1.47 bits per heavy atom. The standard InChI is InChI=1S/C13H15N3O/c1-3-16-4-2-14-12(16)5-11(1)17-9-13-6-10(7-13)15-8-13/h1-5,10,15H,6-9H2. The zero-order valence-electron chi connectivity index (χ0n) is 9.60. The molecule has 0 unspecified atom stereocenters. The molecule has 0 amide bonds. The van der Waals surface area contributed by atoms with Crippen molar-refractivity contribution in [2.24, 2.45) is 5.41 Å². The van der Waals surface area contributed by atoms with Gasteiger partial charge in [0.2, 0.25) is 0 Å². The van der Waals surface area contributed by atoms with Crippen molar-refractivity contribution in [3.05, 3.63) is 30.7 Å². The van der Waals surface area contributed by atoms with E-state index in [0.29, 0.717) is 5.41 Å². The fraction of sp³-hybridized carbons (Fsp3) is 0.462. The highest BCUT2D eigenvalue weighted by molar-refractivity contribution is 5.44. The van der Waals surface area contributed by atoms with Crippen molar-refractivity contribution in [3.8, 4) is 5.75 Å². The number of hydrogen-bond donors (Lipinski definition) is 1. The predicted molar refractivity (Wildman–Crippen MR) is 64.1 cm³/mol. The highest BCUT2D eigenvalue weighted by Crippen LogP contribution is 2.46. The summed E-state index contributed by atoms with van der Waals surface area (Å²) >= 11 is 0. The Labute approximate surface area is 99.6 Å². The van der Waals surface area contributed by atoms with E-state index in [1.54, 1.807) is 6.20 Å². The van der Waals surface area contributed by atoms with Crippen LogP contribution in [0, 0.1) is 5.41 Å². The summed E-state index contributed by atoms with van der Waals surface area (Å²) in [5, 5.41) is 3.50. The first-order valence-corrected chi connectivity index (χ1v) is 6.12. The van der Waals surface area contributed by atoms with Crippen LogP contribution in [0.1, 0.15) is 12.8 Å². The minimum atomic E-state index is 0.409. The summed E-state index contributed by atoms with van der Waals surface area (Å²) < 4.78 is 7.90. The molecule has 4 nitrogen and oxygen atoms in total. The Hall–Kier alpha value is -1.55. The van der Waals surface area contributed by atoms with Crippen molar-refractivity contribution in [1.29, 1.82) is 0 Å². The van der Waals surface area contributed by atoms with Gasteiger partial charge in [0, 0.05) is 42.7 Å². The summed E-state index contributed by atoms with van der Waals surface area (Å²) in [5.41, 5.74) is 1.35. The number of ether oxygens (including phenoxy) is 1. The molecule has 2 aliphatic heterocycles. The van der Waals surface area contributed by atoms with Gasteiger partial charge in [-0.3, -0.25) is 0 Å². The van der Waals surface area contributed by atoms with Crippen molar-refractivity contribution in [2.75, 3.05) is 13.2 Å². The first-order chi connectivity index (χ1) is 8.33. The van der Waals surface area contributed by atoms with Crippen LogP contribution < -0.4 is 10.1 Å². The van der Waals surface area contributed by atoms with Gasteiger partial charge in [-0.05, 0) is 18.9 Å². The van der Waals surface area contributed by atoms with Gasteiger partial charge in [0.25, 0.3) is 0 Å². The number of rotatable bonds is 3. The van der Waals surface area contributed by atoms with E-state index in [1.165, 1.54) is 12.8 Å². The monoisotopic (exact) mass is 229 g/mol. The SMILES string of the molecule is c1cn2ccc(OCC34CNC(C3)C4)cc2n1. The molecule has 4 heterocycles. The van der Waals surface area contributed by atoms with Crippen LogP contribution in [-0.2, 0) is 0 Å². The number of nitrogens with one attached hydrogen (secondary N) is 1. The molecule has 2 aromatic rings. The molecule has 2 aromatic heterocycles. The molecule has 2 saturated heterocycles. The minimum Gasteiger partial charge on any atom is -0.493 e. The molecule has 17 heavy (non-hydrogen) atoms. The van der Waals surface area contributed by atoms with Crippen LogP contribution in [0.3, 0.4) is 0 Å². The molecule has 5 rings (SSSR count). The quantitative estimate of drug-likeness (QED) is 0.866. The van der Waals surface area contributed by atoms with Crippen LogP contribution in [0.5, 0.6) is 5.75 Å². The average molecular weight is 229 g/mol. The largest absolute Gasteiger partial charge is 0.493 e. The third-order valence-electron chi connectivity index (χ3n) is 4.04. The second-order valence-electron chi connectivity index (χ2n) is 5.33. The van der Waals surface area contributed by atoms with Crippen LogP contribution >= 0.6 is 0 Å². The number of aromatic nitrogens is 2. The van der Waals surface area contributed by atoms with Gasteiger partial charge in [0.15, 0.2) is 0 Å². The van der Waals surface area contributed by atoms with Crippen molar-refractivity contribution >= 4 is 5.65 Å². The first kappa shape index (κ1) is 9.48. The molecule has 2 bridgehead atoms. The Kier molecular flexibility index (Phi) is 1.80. The molecule has 1 aliphatic carbocycles. The second-order valence-corrected chi connectivity index (χ2v) is 5.33. The van der Waals surface area contributed by atoms with Crippen molar-refractivity contribution < 1.29 is 4.74 Å². The summed E-state index contributed by atoms with van der Waals surface area (Å²) in [7, 11) is 0. The maximum Gasteiger partial charge on any atom is 0.140 e. The molecule has 0 aromatic carbocycles. The van der Waals surface area contributed by atoms with Crippen LogP contribution in [-0.4, -0.2) is 28.6 Å². The highest BCUT2D eigenvalue weighted by atomic mass is 16.5. The third-order valence-corrected chi connectivity index (χ3v) is 4.04. The van der Waals surface area contributed by atoms with Gasteiger partial charge >= 0.3 is 0 Å². The highest BCUT2D eigenvalue weighted by Gasteiger charge is 2.50. The second kappa shape index (κ2) is 3.23. The average Bonchev–Trinajstić information content (AvgIpc) is 3.00. The summed E-state index contributed by atoms with van der Waals surface area (Å²) in [6.45, 7) is 1.94. The Morgan fingerprint density at radius 2 is 2.41 bits per heavy atom. The molecule has 1 saturated carbocycles.